The summed E-state index contributed by atoms with van der Waals surface area (Å²) in [7, 11) is 0. The molecular weight excluding hydrogens is 459 g/mol. The third-order valence-electron chi connectivity index (χ3n) is 4.60. The summed E-state index contributed by atoms with van der Waals surface area (Å²) in [6.45, 7) is 0. The summed E-state index contributed by atoms with van der Waals surface area (Å²) in [5, 5.41) is 13.0. The smallest absolute Gasteiger partial charge is 0.325 e. The fourth-order valence-electron chi connectivity index (χ4n) is 3.18. The summed E-state index contributed by atoms with van der Waals surface area (Å²) in [4.78, 5) is 12.4. The van der Waals surface area contributed by atoms with Crippen LogP contribution >= 0.6 is 23.4 Å². The van der Waals surface area contributed by atoms with Crippen LogP contribution < -0.4 is 5.32 Å². The van der Waals surface area contributed by atoms with Crippen molar-refractivity contribution in [1.82, 2.24) is 10.2 Å². The number of nitrogens with zero attached hydrogens (tertiary/aromatic N) is 2. The van der Waals surface area contributed by atoms with E-state index in [1.807, 2.05) is 54.6 Å². The van der Waals surface area contributed by atoms with Crippen molar-refractivity contribution in [3.8, 4) is 11.3 Å². The molecule has 1 heterocycles. The topological polar surface area (TPSA) is 54.9 Å². The maximum Gasteiger partial charge on any atom is 0.418 e. The van der Waals surface area contributed by atoms with Gasteiger partial charge in [0.1, 0.15) is 10.7 Å². The molecule has 3 aromatic carbocycles. The van der Waals surface area contributed by atoms with E-state index in [0.717, 1.165) is 40.2 Å². The minimum atomic E-state index is -4.64. The van der Waals surface area contributed by atoms with Gasteiger partial charge in [-0.1, -0.05) is 78.0 Å². The van der Waals surface area contributed by atoms with Crippen LogP contribution in [0.5, 0.6) is 0 Å². The second-order valence-electron chi connectivity index (χ2n) is 6.79. The average molecular weight is 474 g/mol. The van der Waals surface area contributed by atoms with Crippen molar-refractivity contribution in [2.75, 3.05) is 11.1 Å². The van der Waals surface area contributed by atoms with Gasteiger partial charge in [-0.05, 0) is 18.2 Å². The van der Waals surface area contributed by atoms with Crippen molar-refractivity contribution in [3.63, 3.8) is 0 Å². The maximum absolute atomic E-state index is 13.2. The number of hydrogen-bond acceptors (Lipinski definition) is 4. The third kappa shape index (κ3) is 4.87. The number of carbonyl (C=O) groups excluding carboxylic acids is 1. The number of alkyl halides is 3. The molecule has 32 heavy (non-hydrogen) atoms. The zero-order valence-electron chi connectivity index (χ0n) is 16.4. The Morgan fingerprint density at radius 1 is 0.938 bits per heavy atom. The monoisotopic (exact) mass is 473 g/mol. The number of amides is 1. The first kappa shape index (κ1) is 22.1. The van der Waals surface area contributed by atoms with Crippen molar-refractivity contribution >= 4 is 45.7 Å². The predicted octanol–water partition coefficient (Wildman–Crippen LogP) is 6.70. The van der Waals surface area contributed by atoms with Crippen LogP contribution in [0.25, 0.3) is 22.0 Å². The lowest BCUT2D eigenvalue weighted by atomic mass is 10.1. The molecule has 4 aromatic rings. The number of anilines is 1. The molecule has 0 aliphatic carbocycles. The van der Waals surface area contributed by atoms with Crippen LogP contribution in [-0.2, 0) is 11.0 Å². The number of nitrogens with one attached hydrogen (secondary N) is 1. The highest BCUT2D eigenvalue weighted by Gasteiger charge is 2.34. The molecule has 1 aromatic heterocycles. The molecule has 4 rings (SSSR count). The van der Waals surface area contributed by atoms with E-state index in [2.05, 4.69) is 15.5 Å². The van der Waals surface area contributed by atoms with Crippen LogP contribution in [-0.4, -0.2) is 21.9 Å². The number of aromatic nitrogens is 2. The minimum Gasteiger partial charge on any atom is -0.325 e. The van der Waals surface area contributed by atoms with E-state index >= 15 is 0 Å². The number of halogens is 4. The molecule has 9 heteroatoms. The molecule has 0 bridgehead atoms. The van der Waals surface area contributed by atoms with Gasteiger partial charge in [-0.3, -0.25) is 4.79 Å². The Kier molecular flexibility index (Phi) is 6.34. The van der Waals surface area contributed by atoms with Gasteiger partial charge in [-0.2, -0.15) is 13.2 Å². The third-order valence-corrected chi connectivity index (χ3v) is 5.82. The van der Waals surface area contributed by atoms with Gasteiger partial charge < -0.3 is 5.32 Å². The number of hydrogen-bond donors (Lipinski definition) is 1. The molecule has 0 aliphatic heterocycles. The van der Waals surface area contributed by atoms with Crippen molar-refractivity contribution in [2.45, 2.75) is 11.2 Å². The average Bonchev–Trinajstić information content (AvgIpc) is 2.78. The lowest BCUT2D eigenvalue weighted by Gasteiger charge is -2.14. The number of fused-ring (bicyclic) bond motifs is 1. The molecule has 0 spiro atoms. The van der Waals surface area contributed by atoms with Crippen molar-refractivity contribution < 1.29 is 18.0 Å². The van der Waals surface area contributed by atoms with E-state index in [0.29, 0.717) is 10.7 Å². The highest BCUT2D eigenvalue weighted by atomic mass is 35.5. The van der Waals surface area contributed by atoms with E-state index < -0.39 is 17.6 Å². The van der Waals surface area contributed by atoms with Gasteiger partial charge in [-0.25, -0.2) is 0 Å². The Morgan fingerprint density at radius 2 is 1.62 bits per heavy atom. The summed E-state index contributed by atoms with van der Waals surface area (Å²) in [6.07, 6.45) is -4.64. The summed E-state index contributed by atoms with van der Waals surface area (Å²) >= 11 is 6.79. The van der Waals surface area contributed by atoms with E-state index in [1.165, 1.54) is 6.07 Å². The number of carbonyl (C=O) groups is 1. The lowest BCUT2D eigenvalue weighted by Crippen LogP contribution is -2.18. The number of rotatable bonds is 5. The van der Waals surface area contributed by atoms with Crippen LogP contribution in [0.15, 0.2) is 77.8 Å². The number of thioether (sulfide) groups is 1. The molecule has 4 nitrogen and oxygen atoms in total. The first-order valence-electron chi connectivity index (χ1n) is 9.43. The second-order valence-corrected chi connectivity index (χ2v) is 8.19. The fraction of sp³-hybridized carbons (Fsp3) is 0.0870. The standard InChI is InChI=1S/C23H15ClF3N3OS/c24-15-10-11-19(18(12-15)23(25,26)27)28-20(31)13-32-22-17-9-5-4-8-16(17)21(29-30-22)14-6-2-1-3-7-14/h1-12H,13H2,(H,28,31). The highest BCUT2D eigenvalue weighted by Crippen LogP contribution is 2.37. The molecule has 0 fully saturated rings. The molecular formula is C23H15ClF3N3OS. The molecule has 0 aliphatic rings. The Bertz CT molecular complexity index is 1280. The predicted molar refractivity (Wildman–Crippen MR) is 121 cm³/mol. The quantitative estimate of drug-likeness (QED) is 0.328. The Morgan fingerprint density at radius 3 is 2.34 bits per heavy atom. The van der Waals surface area contributed by atoms with E-state index in [1.54, 1.807) is 0 Å². The summed E-state index contributed by atoms with van der Waals surface area (Å²) in [6, 6.07) is 20.3. The van der Waals surface area contributed by atoms with E-state index in [9.17, 15) is 18.0 Å². The van der Waals surface area contributed by atoms with Crippen LogP contribution in [0, 0.1) is 0 Å². The largest absolute Gasteiger partial charge is 0.418 e. The molecule has 0 atom stereocenters. The van der Waals surface area contributed by atoms with Crippen LogP contribution in [0.2, 0.25) is 5.02 Å². The molecule has 0 saturated carbocycles. The maximum atomic E-state index is 13.2. The molecule has 0 radical (unpaired) electrons. The van der Waals surface area contributed by atoms with Crippen LogP contribution in [0.4, 0.5) is 18.9 Å². The second kappa shape index (κ2) is 9.18. The molecule has 162 valence electrons. The van der Waals surface area contributed by atoms with Gasteiger partial charge in [0, 0.05) is 21.4 Å². The first-order chi connectivity index (χ1) is 15.3. The van der Waals surface area contributed by atoms with Gasteiger partial charge in [0.05, 0.1) is 17.0 Å². The Hall–Kier alpha value is -3.10. The first-order valence-corrected chi connectivity index (χ1v) is 10.8. The summed E-state index contributed by atoms with van der Waals surface area (Å²) in [5.74, 6) is -0.732. The van der Waals surface area contributed by atoms with Crippen molar-refractivity contribution in [3.05, 3.63) is 83.4 Å². The fourth-order valence-corrected chi connectivity index (χ4v) is 4.12. The van der Waals surface area contributed by atoms with E-state index in [4.69, 9.17) is 11.6 Å². The van der Waals surface area contributed by atoms with E-state index in [-0.39, 0.29) is 16.5 Å². The van der Waals surface area contributed by atoms with Crippen molar-refractivity contribution in [2.24, 2.45) is 0 Å². The Labute approximate surface area is 190 Å². The number of benzene rings is 3. The van der Waals surface area contributed by atoms with Crippen molar-refractivity contribution in [1.29, 1.82) is 0 Å². The molecule has 1 amide bonds. The van der Waals surface area contributed by atoms with Gasteiger partial charge in [0.2, 0.25) is 5.91 Å². The van der Waals surface area contributed by atoms with Crippen LogP contribution in [0.3, 0.4) is 0 Å². The lowest BCUT2D eigenvalue weighted by molar-refractivity contribution is -0.137. The molecule has 0 saturated heterocycles. The van der Waals surface area contributed by atoms with Crippen LogP contribution in [0.1, 0.15) is 5.56 Å². The molecule has 0 unspecified atom stereocenters. The highest BCUT2D eigenvalue weighted by molar-refractivity contribution is 8.00. The Balaban J connectivity index is 1.55. The van der Waals surface area contributed by atoms with Gasteiger partial charge in [-0.15, -0.1) is 10.2 Å². The zero-order chi connectivity index (χ0) is 22.7. The summed E-state index contributed by atoms with van der Waals surface area (Å²) < 4.78 is 39.7. The van der Waals surface area contributed by atoms with Gasteiger partial charge in [0.25, 0.3) is 0 Å². The minimum absolute atomic E-state index is 0.0649. The SMILES string of the molecule is O=C(CSc1nnc(-c2ccccc2)c2ccccc12)Nc1ccc(Cl)cc1C(F)(F)F. The summed E-state index contributed by atoms with van der Waals surface area (Å²) in [5.41, 5.74) is 0.280. The normalized spacial score (nSPS) is 11.5. The molecule has 1 N–H and O–H groups in total. The van der Waals surface area contributed by atoms with Gasteiger partial charge >= 0.3 is 6.18 Å². The van der Waals surface area contributed by atoms with Gasteiger partial charge in [0.15, 0.2) is 0 Å². The zero-order valence-corrected chi connectivity index (χ0v) is 17.9.